The number of hydrogen-bond donors (Lipinski definition) is 1. The van der Waals surface area contributed by atoms with Crippen LogP contribution in [0.25, 0.3) is 0 Å². The Hall–Kier alpha value is -1.75. The molecule has 4 heteroatoms. The van der Waals surface area contributed by atoms with Crippen LogP contribution in [0.5, 0.6) is 0 Å². The highest BCUT2D eigenvalue weighted by atomic mass is 16.5. The smallest absolute Gasteiger partial charge is 0.124 e. The minimum absolute atomic E-state index is 0.253. The number of pyridine rings is 1. The zero-order valence-electron chi connectivity index (χ0n) is 18.2. The van der Waals surface area contributed by atoms with Crippen molar-refractivity contribution >= 4 is 0 Å². The second-order valence-corrected chi connectivity index (χ2v) is 9.61. The molecule has 29 heavy (non-hydrogen) atoms. The first-order chi connectivity index (χ1) is 13.8. The Kier molecular flexibility index (Phi) is 5.54. The van der Waals surface area contributed by atoms with Gasteiger partial charge in [0.1, 0.15) is 5.60 Å². The van der Waals surface area contributed by atoms with Crippen LogP contribution < -0.4 is 0 Å². The second-order valence-electron chi connectivity index (χ2n) is 9.61. The molecule has 2 fully saturated rings. The van der Waals surface area contributed by atoms with Gasteiger partial charge in [-0.3, -0.25) is 4.98 Å². The molecule has 0 spiro atoms. The van der Waals surface area contributed by atoms with Crippen molar-refractivity contribution in [3.8, 4) is 0 Å². The fourth-order valence-electron chi connectivity index (χ4n) is 5.26. The van der Waals surface area contributed by atoms with E-state index in [1.54, 1.807) is 0 Å². The van der Waals surface area contributed by atoms with Gasteiger partial charge in [-0.25, -0.2) is 0 Å². The van der Waals surface area contributed by atoms with E-state index in [9.17, 15) is 5.11 Å². The highest BCUT2D eigenvalue weighted by molar-refractivity contribution is 5.42. The molecule has 2 saturated heterocycles. The van der Waals surface area contributed by atoms with E-state index in [4.69, 9.17) is 4.74 Å². The van der Waals surface area contributed by atoms with Crippen molar-refractivity contribution in [2.75, 3.05) is 33.4 Å². The van der Waals surface area contributed by atoms with Crippen LogP contribution in [0.15, 0.2) is 42.7 Å². The minimum Gasteiger partial charge on any atom is -0.381 e. The molecule has 156 valence electrons. The Balaban J connectivity index is 1.77. The van der Waals surface area contributed by atoms with Gasteiger partial charge in [0.15, 0.2) is 0 Å². The van der Waals surface area contributed by atoms with Gasteiger partial charge in [-0.2, -0.15) is 0 Å². The van der Waals surface area contributed by atoms with Crippen LogP contribution >= 0.6 is 0 Å². The third kappa shape index (κ3) is 3.63. The van der Waals surface area contributed by atoms with E-state index in [1.165, 1.54) is 11.1 Å². The van der Waals surface area contributed by atoms with E-state index in [0.717, 1.165) is 50.3 Å². The predicted molar refractivity (Wildman–Crippen MR) is 116 cm³/mol. The first-order valence-corrected chi connectivity index (χ1v) is 10.9. The summed E-state index contributed by atoms with van der Waals surface area (Å²) in [6.45, 7) is 9.92. The maximum Gasteiger partial charge on any atom is 0.124 e. The Morgan fingerprint density at radius 1 is 1.10 bits per heavy atom. The maximum atomic E-state index is 12.3. The molecule has 1 N–H and O–H groups in total. The van der Waals surface area contributed by atoms with Crippen LogP contribution in [0.4, 0.5) is 0 Å². The quantitative estimate of drug-likeness (QED) is 0.822. The Labute approximate surface area is 174 Å². The largest absolute Gasteiger partial charge is 0.381 e. The van der Waals surface area contributed by atoms with Gasteiger partial charge in [0, 0.05) is 49.7 Å². The molecule has 4 rings (SSSR count). The number of aliphatic hydroxyl groups is 1. The van der Waals surface area contributed by atoms with Crippen molar-refractivity contribution in [3.63, 3.8) is 0 Å². The summed E-state index contributed by atoms with van der Waals surface area (Å²) in [6, 6.07) is 10.7. The monoisotopic (exact) mass is 394 g/mol. The normalized spacial score (nSPS) is 22.3. The fourth-order valence-corrected chi connectivity index (χ4v) is 5.26. The van der Waals surface area contributed by atoms with Crippen molar-refractivity contribution in [2.45, 2.75) is 51.0 Å². The zero-order valence-corrected chi connectivity index (χ0v) is 18.2. The summed E-state index contributed by atoms with van der Waals surface area (Å²) in [5, 5.41) is 12.3. The van der Waals surface area contributed by atoms with Crippen LogP contribution in [0.1, 0.15) is 67.7 Å². The van der Waals surface area contributed by atoms with Gasteiger partial charge < -0.3 is 14.7 Å². The van der Waals surface area contributed by atoms with Crippen molar-refractivity contribution in [2.24, 2.45) is 5.41 Å². The third-order valence-electron chi connectivity index (χ3n) is 6.98. The first kappa shape index (κ1) is 20.5. The lowest BCUT2D eigenvalue weighted by atomic mass is 9.62. The molecule has 0 amide bonds. The minimum atomic E-state index is -1.07. The average Bonchev–Trinajstić information content (AvgIpc) is 2.73. The molecule has 0 saturated carbocycles. The molecule has 4 nitrogen and oxygen atoms in total. The van der Waals surface area contributed by atoms with E-state index < -0.39 is 5.60 Å². The maximum absolute atomic E-state index is 12.3. The number of rotatable bonds is 5. The number of benzene rings is 1. The summed E-state index contributed by atoms with van der Waals surface area (Å²) in [5.41, 5.74) is 3.07. The van der Waals surface area contributed by atoms with Crippen LogP contribution in [0, 0.1) is 5.41 Å². The first-order valence-electron chi connectivity index (χ1n) is 10.9. The van der Waals surface area contributed by atoms with Crippen LogP contribution in [-0.2, 0) is 10.3 Å². The van der Waals surface area contributed by atoms with Crippen molar-refractivity contribution < 1.29 is 9.84 Å². The highest BCUT2D eigenvalue weighted by Gasteiger charge is 2.55. The summed E-state index contributed by atoms with van der Waals surface area (Å²) in [6.07, 6.45) is 5.87. The van der Waals surface area contributed by atoms with Gasteiger partial charge in [0.2, 0.25) is 0 Å². The molecule has 2 aliphatic rings. The molecule has 1 aromatic carbocycles. The van der Waals surface area contributed by atoms with E-state index in [1.807, 2.05) is 12.4 Å². The van der Waals surface area contributed by atoms with Gasteiger partial charge >= 0.3 is 0 Å². The molecular weight excluding hydrogens is 360 g/mol. The van der Waals surface area contributed by atoms with Crippen LogP contribution in [0.3, 0.4) is 0 Å². The predicted octanol–water partition coefficient (Wildman–Crippen LogP) is 4.29. The summed E-state index contributed by atoms with van der Waals surface area (Å²) >= 11 is 0. The average molecular weight is 395 g/mol. The number of aromatic nitrogens is 1. The summed E-state index contributed by atoms with van der Waals surface area (Å²) in [4.78, 5) is 6.84. The molecular formula is C25H34N2O2. The molecule has 0 bridgehead atoms. The lowest BCUT2D eigenvalue weighted by molar-refractivity contribution is -0.127. The van der Waals surface area contributed by atoms with Crippen molar-refractivity contribution in [3.05, 3.63) is 65.0 Å². The Morgan fingerprint density at radius 2 is 1.76 bits per heavy atom. The number of hydrogen-bond acceptors (Lipinski definition) is 4. The van der Waals surface area contributed by atoms with Gasteiger partial charge in [0.25, 0.3) is 0 Å². The number of nitrogens with zero attached hydrogens (tertiary/aromatic N) is 2. The van der Waals surface area contributed by atoms with Gasteiger partial charge in [-0.1, -0.05) is 45.0 Å². The second kappa shape index (κ2) is 7.82. The highest BCUT2D eigenvalue weighted by Crippen LogP contribution is 2.50. The standard InChI is InChI=1S/C25H34N2O2/c1-18(2)19-5-7-22(8-6-19)25(28,24(3)16-27(4)17-24)23-13-21(14-26-15-23)20-9-11-29-12-10-20/h5-8,13-15,18,20,28H,9-12,16-17H2,1-4H3. The Morgan fingerprint density at radius 3 is 2.34 bits per heavy atom. The van der Waals surface area contributed by atoms with Crippen molar-refractivity contribution in [1.82, 2.24) is 9.88 Å². The summed E-state index contributed by atoms with van der Waals surface area (Å²) in [5.74, 6) is 0.932. The molecule has 3 heterocycles. The molecule has 0 radical (unpaired) electrons. The van der Waals surface area contributed by atoms with Crippen LogP contribution in [0.2, 0.25) is 0 Å². The van der Waals surface area contributed by atoms with Crippen molar-refractivity contribution in [1.29, 1.82) is 0 Å². The van der Waals surface area contributed by atoms with Gasteiger partial charge in [0.05, 0.1) is 0 Å². The van der Waals surface area contributed by atoms with Gasteiger partial charge in [-0.15, -0.1) is 0 Å². The zero-order chi connectivity index (χ0) is 20.6. The van der Waals surface area contributed by atoms with Crippen LogP contribution in [-0.4, -0.2) is 48.3 Å². The van der Waals surface area contributed by atoms with E-state index in [0.29, 0.717) is 11.8 Å². The molecule has 1 unspecified atom stereocenters. The lowest BCUT2D eigenvalue weighted by Crippen LogP contribution is -2.63. The lowest BCUT2D eigenvalue weighted by Gasteiger charge is -2.56. The topological polar surface area (TPSA) is 45.6 Å². The molecule has 2 aromatic rings. The van der Waals surface area contributed by atoms with E-state index in [2.05, 4.69) is 68.0 Å². The number of likely N-dealkylation sites (tertiary alicyclic amines) is 1. The summed E-state index contributed by atoms with van der Waals surface area (Å²) < 4.78 is 5.54. The third-order valence-corrected chi connectivity index (χ3v) is 6.98. The molecule has 1 aromatic heterocycles. The molecule has 0 aliphatic carbocycles. The summed E-state index contributed by atoms with van der Waals surface area (Å²) in [7, 11) is 2.11. The van der Waals surface area contributed by atoms with Gasteiger partial charge in [-0.05, 0) is 54.5 Å². The van der Waals surface area contributed by atoms with E-state index in [-0.39, 0.29) is 5.41 Å². The van der Waals surface area contributed by atoms with E-state index >= 15 is 0 Å². The fraction of sp³-hybridized carbons (Fsp3) is 0.560. The number of ether oxygens (including phenoxy) is 1. The molecule has 1 atom stereocenters. The Bertz CT molecular complexity index is 836. The molecule has 2 aliphatic heterocycles. The SMILES string of the molecule is CC(C)c1ccc(C(O)(c2cncc(C3CCOCC3)c2)C2(C)CN(C)C2)cc1.